The maximum atomic E-state index is 12.7. The van der Waals surface area contributed by atoms with E-state index in [0.29, 0.717) is 13.1 Å². The maximum Gasteiger partial charge on any atom is 0.455 e. The van der Waals surface area contributed by atoms with E-state index >= 15 is 0 Å². The fourth-order valence-corrected chi connectivity index (χ4v) is 4.69. The second kappa shape index (κ2) is 7.10. The van der Waals surface area contributed by atoms with Gasteiger partial charge in [-0.1, -0.05) is 35.5 Å². The van der Waals surface area contributed by atoms with Crippen LogP contribution in [0.3, 0.4) is 0 Å². The summed E-state index contributed by atoms with van der Waals surface area (Å²) in [6.07, 6.45) is -5.34. The number of likely N-dealkylation sites (tertiary alicyclic amines) is 1. The minimum absolute atomic E-state index is 0.0241. The van der Waals surface area contributed by atoms with E-state index in [9.17, 15) is 23.1 Å². The summed E-state index contributed by atoms with van der Waals surface area (Å²) in [5.74, 6) is -1.52. The van der Waals surface area contributed by atoms with E-state index in [1.165, 1.54) is 6.92 Å². The van der Waals surface area contributed by atoms with Crippen molar-refractivity contribution in [3.05, 3.63) is 47.6 Å². The van der Waals surface area contributed by atoms with Gasteiger partial charge in [0.15, 0.2) is 0 Å². The summed E-state index contributed by atoms with van der Waals surface area (Å²) in [6.45, 7) is 2.64. The van der Waals surface area contributed by atoms with Crippen molar-refractivity contribution >= 4 is 5.91 Å². The van der Waals surface area contributed by atoms with Crippen LogP contribution in [0.15, 0.2) is 34.9 Å². The molecule has 1 aromatic heterocycles. The third kappa shape index (κ3) is 3.62. The van der Waals surface area contributed by atoms with Gasteiger partial charge in [0.25, 0.3) is 5.82 Å². The highest BCUT2D eigenvalue weighted by Gasteiger charge is 2.71. The van der Waals surface area contributed by atoms with Crippen molar-refractivity contribution in [2.24, 2.45) is 11.3 Å². The number of aromatic nitrogens is 2. The molecule has 2 aromatic rings. The van der Waals surface area contributed by atoms with Gasteiger partial charge in [0.2, 0.25) is 11.8 Å². The summed E-state index contributed by atoms with van der Waals surface area (Å²) in [4.78, 5) is 16.6. The maximum absolute atomic E-state index is 12.7. The van der Waals surface area contributed by atoms with Crippen LogP contribution in [0.1, 0.15) is 30.1 Å². The molecule has 1 spiro atoms. The van der Waals surface area contributed by atoms with Crippen LogP contribution < -0.4 is 5.32 Å². The number of aliphatic hydroxyl groups is 1. The Morgan fingerprint density at radius 3 is 2.72 bits per heavy atom. The largest absolute Gasteiger partial charge is 0.455 e. The SMILES string of the molecule is CC(=O)NC[C@@H]1[C@@H](c2ccccc2)[C@]12CN(Cc1nc(C(F)(F)F)no1)C[C@@H]2O. The fourth-order valence-electron chi connectivity index (χ4n) is 4.69. The Morgan fingerprint density at radius 2 is 2.10 bits per heavy atom. The highest BCUT2D eigenvalue weighted by Crippen LogP contribution is 2.68. The van der Waals surface area contributed by atoms with Gasteiger partial charge in [0.1, 0.15) is 0 Å². The summed E-state index contributed by atoms with van der Waals surface area (Å²) in [5.41, 5.74) is 0.595. The van der Waals surface area contributed by atoms with Crippen LogP contribution in [-0.4, -0.2) is 51.8 Å². The normalized spacial score (nSPS) is 29.3. The first-order valence-electron chi connectivity index (χ1n) is 9.31. The fraction of sp³-hybridized carbons (Fsp3) is 0.526. The quantitative estimate of drug-likeness (QED) is 0.781. The molecule has 2 N–H and O–H groups in total. The van der Waals surface area contributed by atoms with Crippen LogP contribution in [0, 0.1) is 11.3 Å². The Balaban J connectivity index is 1.52. The van der Waals surface area contributed by atoms with E-state index in [1.807, 2.05) is 35.2 Å². The zero-order valence-electron chi connectivity index (χ0n) is 15.7. The molecule has 0 radical (unpaired) electrons. The van der Waals surface area contributed by atoms with Crippen molar-refractivity contribution in [2.75, 3.05) is 19.6 Å². The molecule has 156 valence electrons. The second-order valence-corrected chi connectivity index (χ2v) is 7.74. The van der Waals surface area contributed by atoms with Gasteiger partial charge in [-0.15, -0.1) is 0 Å². The van der Waals surface area contributed by atoms with Gasteiger partial charge in [-0.25, -0.2) is 0 Å². The molecule has 1 aliphatic heterocycles. The number of carbonyl (C=O) groups excluding carboxylic acids is 1. The van der Waals surface area contributed by atoms with Gasteiger partial charge in [0.05, 0.1) is 12.6 Å². The Bertz CT molecular complexity index is 888. The summed E-state index contributed by atoms with van der Waals surface area (Å²) < 4.78 is 42.8. The standard InChI is InChI=1S/C19H21F3N4O3/c1-11(27)23-7-13-16(12-5-3-2-4-6-12)18(13)10-26(8-14(18)28)9-15-24-17(25-29-15)19(20,21)22/h2-6,13-14,16,28H,7-10H2,1H3,(H,23,27)/t13-,14+,16-,18-/m1/s1. The average Bonchev–Trinajstić information content (AvgIpc) is 2.90. The van der Waals surface area contributed by atoms with Crippen LogP contribution in [0.4, 0.5) is 13.2 Å². The number of nitrogens with one attached hydrogen (secondary N) is 1. The van der Waals surface area contributed by atoms with Gasteiger partial charge in [-0.05, 0) is 17.4 Å². The van der Waals surface area contributed by atoms with Crippen molar-refractivity contribution in [2.45, 2.75) is 31.7 Å². The predicted octanol–water partition coefficient (Wildman–Crippen LogP) is 1.80. The van der Waals surface area contributed by atoms with Crippen molar-refractivity contribution in [1.29, 1.82) is 0 Å². The molecule has 10 heteroatoms. The van der Waals surface area contributed by atoms with E-state index < -0.39 is 23.5 Å². The summed E-state index contributed by atoms with van der Waals surface area (Å²) in [5, 5.41) is 16.7. The van der Waals surface area contributed by atoms with Gasteiger partial charge in [0, 0.05) is 32.0 Å². The van der Waals surface area contributed by atoms with Crippen LogP contribution in [0.25, 0.3) is 0 Å². The number of hydrogen-bond donors (Lipinski definition) is 2. The number of amides is 1. The molecule has 1 saturated carbocycles. The smallest absolute Gasteiger partial charge is 0.391 e. The van der Waals surface area contributed by atoms with E-state index in [2.05, 4.69) is 15.5 Å². The molecule has 1 saturated heterocycles. The van der Waals surface area contributed by atoms with Crippen LogP contribution >= 0.6 is 0 Å². The Labute approximate surface area is 164 Å². The number of halogens is 3. The van der Waals surface area contributed by atoms with Crippen LogP contribution in [-0.2, 0) is 17.5 Å². The minimum atomic E-state index is -4.66. The Kier molecular flexibility index (Phi) is 4.86. The van der Waals surface area contributed by atoms with Gasteiger partial charge in [-0.2, -0.15) is 18.2 Å². The van der Waals surface area contributed by atoms with Gasteiger partial charge < -0.3 is 14.9 Å². The third-order valence-electron chi connectivity index (χ3n) is 5.92. The number of benzene rings is 1. The van der Waals surface area contributed by atoms with Crippen LogP contribution in [0.5, 0.6) is 0 Å². The molecule has 0 bridgehead atoms. The molecule has 4 atom stereocenters. The minimum Gasteiger partial charge on any atom is -0.391 e. The van der Waals surface area contributed by atoms with Crippen molar-refractivity contribution in [3.8, 4) is 0 Å². The molecule has 2 fully saturated rings. The molecule has 29 heavy (non-hydrogen) atoms. The lowest BCUT2D eigenvalue weighted by atomic mass is 9.95. The molecule has 2 aliphatic rings. The van der Waals surface area contributed by atoms with E-state index in [0.717, 1.165) is 5.56 Å². The lowest BCUT2D eigenvalue weighted by molar-refractivity contribution is -0.146. The highest BCUT2D eigenvalue weighted by atomic mass is 19.4. The van der Waals surface area contributed by atoms with Gasteiger partial charge >= 0.3 is 6.18 Å². The summed E-state index contributed by atoms with van der Waals surface area (Å²) >= 11 is 0. The summed E-state index contributed by atoms with van der Waals surface area (Å²) in [6, 6.07) is 9.74. The molecule has 4 rings (SSSR count). The van der Waals surface area contributed by atoms with E-state index in [4.69, 9.17) is 4.52 Å². The van der Waals surface area contributed by atoms with Crippen molar-refractivity contribution < 1.29 is 27.6 Å². The molecule has 0 unspecified atom stereocenters. The molecular weight excluding hydrogens is 389 g/mol. The van der Waals surface area contributed by atoms with Gasteiger partial charge in [-0.3, -0.25) is 9.69 Å². The number of hydrogen-bond acceptors (Lipinski definition) is 6. The molecule has 7 nitrogen and oxygen atoms in total. The highest BCUT2D eigenvalue weighted by molar-refractivity contribution is 5.72. The first-order valence-corrected chi connectivity index (χ1v) is 9.31. The molecule has 1 amide bonds. The number of carbonyl (C=O) groups is 1. The lowest BCUT2D eigenvalue weighted by Gasteiger charge is -2.15. The second-order valence-electron chi connectivity index (χ2n) is 7.74. The Hall–Kier alpha value is -2.46. The molecule has 1 aromatic carbocycles. The Morgan fingerprint density at radius 1 is 1.38 bits per heavy atom. The molecule has 2 heterocycles. The molecular formula is C19H21F3N4O3. The number of aliphatic hydroxyl groups excluding tert-OH is 1. The average molecular weight is 410 g/mol. The van der Waals surface area contributed by atoms with Crippen molar-refractivity contribution in [1.82, 2.24) is 20.4 Å². The van der Waals surface area contributed by atoms with E-state index in [1.54, 1.807) is 0 Å². The first-order chi connectivity index (χ1) is 13.7. The lowest BCUT2D eigenvalue weighted by Crippen LogP contribution is -2.28. The summed E-state index contributed by atoms with van der Waals surface area (Å²) in [7, 11) is 0. The topological polar surface area (TPSA) is 91.5 Å². The monoisotopic (exact) mass is 410 g/mol. The number of nitrogens with zero attached hydrogens (tertiary/aromatic N) is 3. The zero-order chi connectivity index (χ0) is 20.8. The first kappa shape index (κ1) is 19.8. The molecule has 1 aliphatic carbocycles. The van der Waals surface area contributed by atoms with Crippen molar-refractivity contribution in [3.63, 3.8) is 0 Å². The van der Waals surface area contributed by atoms with Crippen LogP contribution in [0.2, 0.25) is 0 Å². The number of rotatable bonds is 5. The van der Waals surface area contributed by atoms with E-state index in [-0.39, 0.29) is 36.7 Å². The number of β-amino-alcohol motifs (C(OH)–C–C–N with tert-alkyl or cyclic N) is 1. The predicted molar refractivity (Wildman–Crippen MR) is 94.4 cm³/mol. The number of alkyl halides is 3. The zero-order valence-corrected chi connectivity index (χ0v) is 15.7. The third-order valence-corrected chi connectivity index (χ3v) is 5.92.